The number of nitrogens with two attached hydrogens (primary N) is 1. The van der Waals surface area contributed by atoms with Gasteiger partial charge in [0, 0.05) is 35.0 Å². The summed E-state index contributed by atoms with van der Waals surface area (Å²) in [6.07, 6.45) is 1.57. The third kappa shape index (κ3) is 3.21. The summed E-state index contributed by atoms with van der Waals surface area (Å²) in [4.78, 5) is 18.1. The highest BCUT2D eigenvalue weighted by atomic mass is 35.5. The zero-order valence-corrected chi connectivity index (χ0v) is 14.1. The Hall–Kier alpha value is -1.30. The third-order valence-electron chi connectivity index (χ3n) is 3.87. The number of piperidine rings is 1. The highest BCUT2D eigenvalue weighted by Gasteiger charge is 2.24. The Balaban J connectivity index is 1.76. The van der Waals surface area contributed by atoms with E-state index >= 15 is 0 Å². The van der Waals surface area contributed by atoms with Gasteiger partial charge in [-0.2, -0.15) is 0 Å². The van der Waals surface area contributed by atoms with E-state index in [1.165, 1.54) is 0 Å². The molecule has 22 heavy (non-hydrogen) atoms. The number of amides is 1. The molecule has 2 N–H and O–H groups in total. The average molecular weight is 356 g/mol. The lowest BCUT2D eigenvalue weighted by Gasteiger charge is -2.30. The van der Waals surface area contributed by atoms with Crippen molar-refractivity contribution in [1.82, 2.24) is 4.98 Å². The minimum Gasteiger partial charge on any atom is -0.369 e. The maximum Gasteiger partial charge on any atom is 0.220 e. The summed E-state index contributed by atoms with van der Waals surface area (Å²) in [6, 6.07) is 5.40. The van der Waals surface area contributed by atoms with Gasteiger partial charge in [-0.15, -0.1) is 11.3 Å². The summed E-state index contributed by atoms with van der Waals surface area (Å²) in [7, 11) is 0. The van der Waals surface area contributed by atoms with Crippen LogP contribution in [0, 0.1) is 5.92 Å². The summed E-state index contributed by atoms with van der Waals surface area (Å²) in [5.41, 5.74) is 7.09. The van der Waals surface area contributed by atoms with E-state index in [2.05, 4.69) is 9.88 Å². The predicted octanol–water partition coefficient (Wildman–Crippen LogP) is 3.82. The molecule has 0 unspecified atom stereocenters. The van der Waals surface area contributed by atoms with Crippen LogP contribution in [0.4, 0.5) is 5.13 Å². The first kappa shape index (κ1) is 15.6. The van der Waals surface area contributed by atoms with E-state index < -0.39 is 0 Å². The largest absolute Gasteiger partial charge is 0.369 e. The summed E-state index contributed by atoms with van der Waals surface area (Å²) >= 11 is 13.7. The number of nitrogens with zero attached hydrogens (tertiary/aromatic N) is 2. The fourth-order valence-electron chi connectivity index (χ4n) is 2.59. The number of carbonyl (C=O) groups is 1. The van der Waals surface area contributed by atoms with Gasteiger partial charge in [0.05, 0.1) is 10.7 Å². The van der Waals surface area contributed by atoms with Crippen LogP contribution in [0.3, 0.4) is 0 Å². The highest BCUT2D eigenvalue weighted by molar-refractivity contribution is 7.14. The van der Waals surface area contributed by atoms with Gasteiger partial charge in [-0.3, -0.25) is 4.79 Å². The number of primary amides is 1. The van der Waals surface area contributed by atoms with Crippen LogP contribution in [-0.2, 0) is 4.79 Å². The molecule has 1 saturated heterocycles. The van der Waals surface area contributed by atoms with Crippen molar-refractivity contribution in [3.8, 4) is 11.3 Å². The van der Waals surface area contributed by atoms with E-state index in [0.717, 1.165) is 42.3 Å². The van der Waals surface area contributed by atoms with Gasteiger partial charge in [0.2, 0.25) is 5.91 Å². The van der Waals surface area contributed by atoms with E-state index in [0.29, 0.717) is 10.0 Å². The van der Waals surface area contributed by atoms with E-state index in [4.69, 9.17) is 28.9 Å². The molecule has 1 aliphatic heterocycles. The number of halogens is 2. The van der Waals surface area contributed by atoms with Crippen LogP contribution in [-0.4, -0.2) is 24.0 Å². The predicted molar refractivity (Wildman–Crippen MR) is 91.7 cm³/mol. The van der Waals surface area contributed by atoms with Crippen LogP contribution in [0.5, 0.6) is 0 Å². The fraction of sp³-hybridized carbons (Fsp3) is 0.333. The number of hydrogen-bond donors (Lipinski definition) is 1. The molecule has 1 aromatic heterocycles. The molecule has 1 aliphatic rings. The van der Waals surface area contributed by atoms with Crippen LogP contribution in [0.2, 0.25) is 10.0 Å². The molecule has 0 spiro atoms. The standard InChI is InChI=1S/C15H15Cl2N3OS/c16-10-1-2-11(12(17)7-10)13-8-22-15(19-13)20-5-3-9(4-6-20)14(18)21/h1-2,7-9H,3-6H2,(H2,18,21). The fourth-order valence-corrected chi connectivity index (χ4v) is 3.97. The molecule has 0 atom stereocenters. The van der Waals surface area contributed by atoms with Crippen molar-refractivity contribution < 1.29 is 4.79 Å². The third-order valence-corrected chi connectivity index (χ3v) is 5.32. The summed E-state index contributed by atoms with van der Waals surface area (Å²) in [6.45, 7) is 1.60. The first-order valence-electron chi connectivity index (χ1n) is 7.00. The van der Waals surface area contributed by atoms with Crippen LogP contribution >= 0.6 is 34.5 Å². The molecular weight excluding hydrogens is 341 g/mol. The first-order valence-corrected chi connectivity index (χ1v) is 8.63. The molecule has 0 aliphatic carbocycles. The van der Waals surface area contributed by atoms with Gasteiger partial charge in [0.15, 0.2) is 5.13 Å². The van der Waals surface area contributed by atoms with Crippen molar-refractivity contribution in [2.45, 2.75) is 12.8 Å². The van der Waals surface area contributed by atoms with Crippen molar-refractivity contribution >= 4 is 45.6 Å². The van der Waals surface area contributed by atoms with Gasteiger partial charge in [-0.1, -0.05) is 23.2 Å². The zero-order chi connectivity index (χ0) is 15.7. The second-order valence-electron chi connectivity index (χ2n) is 5.30. The summed E-state index contributed by atoms with van der Waals surface area (Å²) in [5.74, 6) is -0.214. The van der Waals surface area contributed by atoms with Crippen molar-refractivity contribution in [3.63, 3.8) is 0 Å². The van der Waals surface area contributed by atoms with Gasteiger partial charge in [0.1, 0.15) is 0 Å². The monoisotopic (exact) mass is 355 g/mol. The second-order valence-corrected chi connectivity index (χ2v) is 6.98. The lowest BCUT2D eigenvalue weighted by molar-refractivity contribution is -0.122. The van der Waals surface area contributed by atoms with Gasteiger partial charge in [-0.25, -0.2) is 4.98 Å². The van der Waals surface area contributed by atoms with E-state index in [-0.39, 0.29) is 11.8 Å². The number of hydrogen-bond acceptors (Lipinski definition) is 4. The molecule has 1 amide bonds. The number of benzene rings is 1. The normalized spacial score (nSPS) is 16.0. The molecule has 2 heterocycles. The van der Waals surface area contributed by atoms with E-state index in [9.17, 15) is 4.79 Å². The molecule has 1 aromatic carbocycles. The van der Waals surface area contributed by atoms with Crippen molar-refractivity contribution in [3.05, 3.63) is 33.6 Å². The average Bonchev–Trinajstić information content (AvgIpc) is 2.97. The molecule has 116 valence electrons. The number of thiazole rings is 1. The van der Waals surface area contributed by atoms with Gasteiger partial charge in [0.25, 0.3) is 0 Å². The van der Waals surface area contributed by atoms with Crippen molar-refractivity contribution in [2.24, 2.45) is 11.7 Å². The zero-order valence-electron chi connectivity index (χ0n) is 11.8. The minimum absolute atomic E-state index is 0.0126. The summed E-state index contributed by atoms with van der Waals surface area (Å²) in [5, 5.41) is 4.14. The molecular formula is C15H15Cl2N3OS. The quantitative estimate of drug-likeness (QED) is 0.910. The van der Waals surface area contributed by atoms with E-state index in [1.807, 2.05) is 11.4 Å². The lowest BCUT2D eigenvalue weighted by Crippen LogP contribution is -2.38. The van der Waals surface area contributed by atoms with Crippen molar-refractivity contribution in [1.29, 1.82) is 0 Å². The molecule has 0 bridgehead atoms. The number of carbonyl (C=O) groups excluding carboxylic acids is 1. The van der Waals surface area contributed by atoms with Gasteiger partial charge >= 0.3 is 0 Å². The molecule has 3 rings (SSSR count). The molecule has 0 saturated carbocycles. The Kier molecular flexibility index (Phi) is 4.57. The molecule has 2 aromatic rings. The Morgan fingerprint density at radius 2 is 2.05 bits per heavy atom. The lowest BCUT2D eigenvalue weighted by atomic mass is 9.97. The maximum atomic E-state index is 11.2. The number of aromatic nitrogens is 1. The Morgan fingerprint density at radius 1 is 1.32 bits per heavy atom. The molecule has 0 radical (unpaired) electrons. The van der Waals surface area contributed by atoms with Crippen molar-refractivity contribution in [2.75, 3.05) is 18.0 Å². The summed E-state index contributed by atoms with van der Waals surface area (Å²) < 4.78 is 0. The molecule has 1 fully saturated rings. The molecule has 7 heteroatoms. The smallest absolute Gasteiger partial charge is 0.220 e. The van der Waals surface area contributed by atoms with Crippen LogP contribution in [0.15, 0.2) is 23.6 Å². The van der Waals surface area contributed by atoms with Crippen LogP contribution < -0.4 is 10.6 Å². The first-order chi connectivity index (χ1) is 10.5. The second kappa shape index (κ2) is 6.44. The minimum atomic E-state index is -0.201. The molecule has 4 nitrogen and oxygen atoms in total. The van der Waals surface area contributed by atoms with E-state index in [1.54, 1.807) is 23.5 Å². The highest BCUT2D eigenvalue weighted by Crippen LogP contribution is 2.34. The Morgan fingerprint density at radius 3 is 2.68 bits per heavy atom. The maximum absolute atomic E-state index is 11.2. The van der Waals surface area contributed by atoms with Crippen LogP contribution in [0.1, 0.15) is 12.8 Å². The number of anilines is 1. The van der Waals surface area contributed by atoms with Crippen LogP contribution in [0.25, 0.3) is 11.3 Å². The number of rotatable bonds is 3. The SMILES string of the molecule is NC(=O)C1CCN(c2nc(-c3ccc(Cl)cc3Cl)cs2)CC1. The Bertz CT molecular complexity index is 696. The Labute approximate surface area is 142 Å². The topological polar surface area (TPSA) is 59.2 Å². The van der Waals surface area contributed by atoms with Gasteiger partial charge in [-0.05, 0) is 31.0 Å². The van der Waals surface area contributed by atoms with Gasteiger partial charge < -0.3 is 10.6 Å².